The Bertz CT molecular complexity index is 327. The molecule has 1 rings (SSSR count). The molecule has 1 aromatic rings. The van der Waals surface area contributed by atoms with E-state index in [2.05, 4.69) is 11.2 Å². The minimum Gasteiger partial charge on any atom is -0.512 e. The summed E-state index contributed by atoms with van der Waals surface area (Å²) >= 11 is 0. The number of aliphatic hydroxyl groups excluding tert-OH is 2. The van der Waals surface area contributed by atoms with Crippen LogP contribution in [-0.2, 0) is 0 Å². The number of para-hydroxylation sites is 1. The lowest BCUT2D eigenvalue weighted by molar-refractivity contribution is 0.110. The van der Waals surface area contributed by atoms with Crippen LogP contribution in [0.1, 0.15) is 12.5 Å². The normalized spacial score (nSPS) is 10.9. The molecule has 1 aromatic carbocycles. The zero-order chi connectivity index (χ0) is 13.3. The molecule has 4 N–H and O–H groups in total. The first-order valence-electron chi connectivity index (χ1n) is 5.04. The fraction of sp³-hybridized carbons (Fsp3) is 0.273. The summed E-state index contributed by atoms with van der Waals surface area (Å²) in [4.78, 5) is 0. The summed E-state index contributed by atoms with van der Waals surface area (Å²) in [5.74, 6) is 0.405. The first-order chi connectivity index (χ1) is 8.01. The lowest BCUT2D eigenvalue weighted by Gasteiger charge is -2.06. The quantitative estimate of drug-likeness (QED) is 0.558. The second kappa shape index (κ2) is 8.78. The van der Waals surface area contributed by atoms with E-state index in [-0.39, 0.29) is 6.61 Å². The van der Waals surface area contributed by atoms with Crippen molar-refractivity contribution < 1.29 is 24.9 Å². The van der Waals surface area contributed by atoms with Crippen LogP contribution < -0.4 is 4.65 Å². The Morgan fingerprint density at radius 3 is 2.35 bits per heavy atom. The molecule has 0 aliphatic heterocycles. The van der Waals surface area contributed by atoms with Crippen molar-refractivity contribution in [3.05, 3.63) is 36.4 Å². The first kappa shape index (κ1) is 15.7. The topological polar surface area (TPSA) is 90.2 Å². The van der Waals surface area contributed by atoms with E-state index in [0.29, 0.717) is 5.75 Å². The zero-order valence-electron chi connectivity index (χ0n) is 9.65. The van der Waals surface area contributed by atoms with Crippen molar-refractivity contribution in [2.75, 3.05) is 6.61 Å². The maximum Gasteiger partial charge on any atom is 0.707 e. The minimum absolute atomic E-state index is 0.139. The van der Waals surface area contributed by atoms with E-state index < -0.39 is 13.4 Å². The second-order valence-electron chi connectivity index (χ2n) is 3.22. The average Bonchev–Trinajstić information content (AvgIpc) is 2.29. The molecule has 6 heteroatoms. The monoisotopic (exact) mass is 240 g/mol. The number of rotatable bonds is 4. The van der Waals surface area contributed by atoms with Gasteiger partial charge in [-0.25, -0.2) is 0 Å². The predicted molar refractivity (Wildman–Crippen MR) is 66.1 cm³/mol. The summed E-state index contributed by atoms with van der Waals surface area (Å²) in [5, 5.41) is 33.1. The number of benzene rings is 1. The van der Waals surface area contributed by atoms with E-state index in [1.54, 1.807) is 24.3 Å². The lowest BCUT2D eigenvalue weighted by atomic mass is 10.1. The van der Waals surface area contributed by atoms with Crippen LogP contribution in [0, 0.1) is 0 Å². The van der Waals surface area contributed by atoms with Gasteiger partial charge in [0.15, 0.2) is 0 Å². The highest BCUT2D eigenvalue weighted by Gasteiger charge is 2.12. The lowest BCUT2D eigenvalue weighted by Crippen LogP contribution is -2.20. The van der Waals surface area contributed by atoms with Crippen molar-refractivity contribution in [3.63, 3.8) is 0 Å². The maximum atomic E-state index is 8.52. The third-order valence-corrected chi connectivity index (χ3v) is 1.64. The van der Waals surface area contributed by atoms with Gasteiger partial charge in [-0.2, -0.15) is 0 Å². The standard InChI is InChI=1S/C8H9BO3.C3H8O2/c1-2-7-5-3-4-6-8(7)12-9(10)11;1-3(5)2-4/h2-6,10-11H,1H2;3-5H,2H2,1H3. The fourth-order valence-corrected chi connectivity index (χ4v) is 0.870. The van der Waals surface area contributed by atoms with Crippen molar-refractivity contribution in [1.29, 1.82) is 0 Å². The Morgan fingerprint density at radius 1 is 1.41 bits per heavy atom. The summed E-state index contributed by atoms with van der Waals surface area (Å²) in [6.45, 7) is 4.94. The predicted octanol–water partition coefficient (Wildman–Crippen LogP) is 0.0374. The van der Waals surface area contributed by atoms with Gasteiger partial charge in [0.25, 0.3) is 0 Å². The van der Waals surface area contributed by atoms with Gasteiger partial charge in [0.1, 0.15) is 5.75 Å². The number of hydrogen-bond acceptors (Lipinski definition) is 5. The molecule has 0 aliphatic carbocycles. The summed E-state index contributed by atoms with van der Waals surface area (Å²) in [5.41, 5.74) is 0.727. The van der Waals surface area contributed by atoms with Gasteiger partial charge in [-0.3, -0.25) is 0 Å². The van der Waals surface area contributed by atoms with E-state index in [9.17, 15) is 0 Å². The van der Waals surface area contributed by atoms with Crippen LogP contribution in [0.3, 0.4) is 0 Å². The van der Waals surface area contributed by atoms with E-state index in [4.69, 9.17) is 20.3 Å². The number of hydrogen-bond donors (Lipinski definition) is 4. The molecule has 1 atom stereocenters. The zero-order valence-corrected chi connectivity index (χ0v) is 9.65. The van der Waals surface area contributed by atoms with E-state index in [1.165, 1.54) is 6.92 Å². The molecule has 0 aliphatic rings. The third-order valence-electron chi connectivity index (χ3n) is 1.64. The molecule has 0 bridgehead atoms. The van der Waals surface area contributed by atoms with Gasteiger partial charge in [0.05, 0.1) is 12.7 Å². The Labute approximate surface area is 101 Å². The van der Waals surface area contributed by atoms with Crippen LogP contribution in [0.15, 0.2) is 30.8 Å². The van der Waals surface area contributed by atoms with Crippen LogP contribution in [-0.4, -0.2) is 40.3 Å². The molecule has 0 radical (unpaired) electrons. The fourth-order valence-electron chi connectivity index (χ4n) is 0.870. The third kappa shape index (κ3) is 7.54. The molecule has 94 valence electrons. The maximum absolute atomic E-state index is 8.52. The van der Waals surface area contributed by atoms with Crippen LogP contribution in [0.4, 0.5) is 0 Å². The average molecular weight is 240 g/mol. The molecule has 17 heavy (non-hydrogen) atoms. The number of aliphatic hydroxyl groups is 2. The molecule has 0 saturated heterocycles. The van der Waals surface area contributed by atoms with Crippen molar-refractivity contribution >= 4 is 13.4 Å². The Kier molecular flexibility index (Phi) is 8.09. The highest BCUT2D eigenvalue weighted by Crippen LogP contribution is 2.18. The van der Waals surface area contributed by atoms with Gasteiger partial charge in [-0.1, -0.05) is 30.9 Å². The molecule has 0 fully saturated rings. The summed E-state index contributed by atoms with van der Waals surface area (Å²) in [6.07, 6.45) is 1.02. The first-order valence-corrected chi connectivity index (χ1v) is 5.04. The minimum atomic E-state index is -1.79. The molecule has 1 unspecified atom stereocenters. The van der Waals surface area contributed by atoms with Gasteiger partial charge < -0.3 is 24.9 Å². The highest BCUT2D eigenvalue weighted by molar-refractivity contribution is 6.33. The van der Waals surface area contributed by atoms with Gasteiger partial charge in [0, 0.05) is 5.56 Å². The van der Waals surface area contributed by atoms with Crippen molar-refractivity contribution in [2.45, 2.75) is 13.0 Å². The summed E-state index contributed by atoms with van der Waals surface area (Å²) in [6, 6.07) is 6.96. The molecule has 0 heterocycles. The Balaban J connectivity index is 0.000000437. The second-order valence-corrected chi connectivity index (χ2v) is 3.22. The molecular weight excluding hydrogens is 223 g/mol. The van der Waals surface area contributed by atoms with Crippen molar-refractivity contribution in [1.82, 2.24) is 0 Å². The van der Waals surface area contributed by atoms with Gasteiger partial charge in [0.2, 0.25) is 0 Å². The smallest absolute Gasteiger partial charge is 0.512 e. The van der Waals surface area contributed by atoms with Crippen LogP contribution in [0.2, 0.25) is 0 Å². The molecule has 5 nitrogen and oxygen atoms in total. The molecule has 0 aromatic heterocycles. The van der Waals surface area contributed by atoms with Crippen LogP contribution in [0.25, 0.3) is 6.08 Å². The van der Waals surface area contributed by atoms with Crippen LogP contribution >= 0.6 is 0 Å². The SMILES string of the molecule is C=Cc1ccccc1OB(O)O.CC(O)CO. The van der Waals surface area contributed by atoms with Crippen LogP contribution in [0.5, 0.6) is 5.75 Å². The molecule has 0 saturated carbocycles. The molecule has 0 amide bonds. The Morgan fingerprint density at radius 2 is 1.94 bits per heavy atom. The summed E-state index contributed by atoms with van der Waals surface area (Å²) in [7, 11) is -1.79. The Hall–Kier alpha value is -1.34. The largest absolute Gasteiger partial charge is 0.707 e. The van der Waals surface area contributed by atoms with Gasteiger partial charge in [-0.15, -0.1) is 0 Å². The highest BCUT2D eigenvalue weighted by atomic mass is 16.6. The molecule has 0 spiro atoms. The van der Waals surface area contributed by atoms with Crippen molar-refractivity contribution in [2.24, 2.45) is 0 Å². The van der Waals surface area contributed by atoms with Gasteiger partial charge >= 0.3 is 7.32 Å². The summed E-state index contributed by atoms with van der Waals surface area (Å²) < 4.78 is 4.68. The van der Waals surface area contributed by atoms with E-state index >= 15 is 0 Å². The van der Waals surface area contributed by atoms with Crippen molar-refractivity contribution in [3.8, 4) is 5.75 Å². The van der Waals surface area contributed by atoms with E-state index in [0.717, 1.165) is 5.56 Å². The molecular formula is C11H17BO5. The van der Waals surface area contributed by atoms with E-state index in [1.807, 2.05) is 6.07 Å². The van der Waals surface area contributed by atoms with Gasteiger partial charge in [-0.05, 0) is 13.0 Å².